The molecule has 7 nitrogen and oxygen atoms in total. The van der Waals surface area contributed by atoms with E-state index in [9.17, 15) is 9.59 Å². The molecule has 27 heavy (non-hydrogen) atoms. The van der Waals surface area contributed by atoms with Crippen molar-refractivity contribution < 1.29 is 14.3 Å². The van der Waals surface area contributed by atoms with Crippen LogP contribution in [0.4, 0.5) is 0 Å². The van der Waals surface area contributed by atoms with Gasteiger partial charge in [-0.3, -0.25) is 4.79 Å². The van der Waals surface area contributed by atoms with Crippen LogP contribution in [0.1, 0.15) is 45.3 Å². The molecule has 0 saturated carbocycles. The number of aromatic nitrogens is 3. The minimum Gasteiger partial charge on any atom is -0.463 e. The molecule has 0 fully saturated rings. The number of fused-ring (bicyclic) bond motifs is 3. The van der Waals surface area contributed by atoms with Gasteiger partial charge in [0.25, 0.3) is 11.7 Å². The summed E-state index contributed by atoms with van der Waals surface area (Å²) in [4.78, 5) is 31.3. The predicted molar refractivity (Wildman–Crippen MR) is 97.4 cm³/mol. The third-order valence-electron chi connectivity index (χ3n) is 4.66. The van der Waals surface area contributed by atoms with E-state index in [2.05, 4.69) is 10.1 Å². The van der Waals surface area contributed by atoms with Crippen LogP contribution in [0.2, 0.25) is 0 Å². The highest BCUT2D eigenvalue weighted by atomic mass is 16.5. The highest BCUT2D eigenvalue weighted by molar-refractivity contribution is 5.98. The van der Waals surface area contributed by atoms with Crippen molar-refractivity contribution >= 4 is 11.9 Å². The molecule has 4 rings (SSSR count). The molecule has 1 amide bonds. The third kappa shape index (κ3) is 2.87. The quantitative estimate of drug-likeness (QED) is 0.670. The number of ether oxygens (including phenoxy) is 1. The van der Waals surface area contributed by atoms with Crippen LogP contribution in [-0.2, 0) is 11.3 Å². The van der Waals surface area contributed by atoms with Gasteiger partial charge in [0.2, 0.25) is 0 Å². The lowest BCUT2D eigenvalue weighted by Gasteiger charge is -2.26. The fourth-order valence-electron chi connectivity index (χ4n) is 3.25. The molecule has 3 aromatic rings. The first-order chi connectivity index (χ1) is 13.1. The van der Waals surface area contributed by atoms with Crippen molar-refractivity contribution in [2.24, 2.45) is 0 Å². The minimum atomic E-state index is -0.610. The number of amides is 1. The van der Waals surface area contributed by atoms with Crippen molar-refractivity contribution in [2.75, 3.05) is 7.11 Å². The molecule has 0 N–H and O–H groups in total. The van der Waals surface area contributed by atoms with Gasteiger partial charge in [-0.05, 0) is 24.6 Å². The Balaban J connectivity index is 1.86. The summed E-state index contributed by atoms with van der Waals surface area (Å²) in [5, 5.41) is 4.30. The van der Waals surface area contributed by atoms with Crippen molar-refractivity contribution in [3.8, 4) is 5.69 Å². The second kappa shape index (κ2) is 6.68. The number of carbonyl (C=O) groups excluding carboxylic acids is 2. The first kappa shape index (κ1) is 17.0. The van der Waals surface area contributed by atoms with Crippen LogP contribution in [0.3, 0.4) is 0 Å². The standard InChI is InChI=1S/C20H18N4O3/c1-13-18-21-17(20(26)27-2)22-24(18)16-11-7-6-10-15(16)19(25)23(13)12-14-8-4-3-5-9-14/h3-11,13H,12H2,1-2H3. The maximum atomic E-state index is 13.3. The van der Waals surface area contributed by atoms with E-state index in [-0.39, 0.29) is 17.8 Å². The fourth-order valence-corrected chi connectivity index (χ4v) is 3.25. The molecule has 0 radical (unpaired) electrons. The number of rotatable bonds is 3. The van der Waals surface area contributed by atoms with E-state index >= 15 is 0 Å². The van der Waals surface area contributed by atoms with E-state index in [4.69, 9.17) is 4.74 Å². The largest absolute Gasteiger partial charge is 0.463 e. The number of nitrogens with zero attached hydrogens (tertiary/aromatic N) is 4. The Labute approximate surface area is 156 Å². The second-order valence-corrected chi connectivity index (χ2v) is 6.31. The Morgan fingerprint density at radius 2 is 1.81 bits per heavy atom. The Kier molecular flexibility index (Phi) is 4.19. The smallest absolute Gasteiger partial charge is 0.377 e. The van der Waals surface area contributed by atoms with Crippen molar-refractivity contribution in [1.29, 1.82) is 0 Å². The maximum absolute atomic E-state index is 13.3. The summed E-state index contributed by atoms with van der Waals surface area (Å²) < 4.78 is 6.32. The van der Waals surface area contributed by atoms with Gasteiger partial charge < -0.3 is 9.64 Å². The van der Waals surface area contributed by atoms with E-state index in [0.717, 1.165) is 5.56 Å². The molecule has 7 heteroatoms. The maximum Gasteiger partial charge on any atom is 0.377 e. The summed E-state index contributed by atoms with van der Waals surface area (Å²) in [7, 11) is 1.29. The first-order valence-electron chi connectivity index (χ1n) is 8.59. The zero-order chi connectivity index (χ0) is 19.0. The lowest BCUT2D eigenvalue weighted by Crippen LogP contribution is -2.32. The van der Waals surface area contributed by atoms with Crippen LogP contribution >= 0.6 is 0 Å². The summed E-state index contributed by atoms with van der Waals surface area (Å²) in [6.07, 6.45) is 0. The third-order valence-corrected chi connectivity index (χ3v) is 4.66. The fraction of sp³-hybridized carbons (Fsp3) is 0.200. The number of esters is 1. The molecule has 2 aromatic carbocycles. The lowest BCUT2D eigenvalue weighted by atomic mass is 10.1. The summed E-state index contributed by atoms with van der Waals surface area (Å²) in [6, 6.07) is 16.6. The zero-order valence-electron chi connectivity index (χ0n) is 15.0. The van der Waals surface area contributed by atoms with Crippen molar-refractivity contribution in [2.45, 2.75) is 19.5 Å². The van der Waals surface area contributed by atoms with E-state index in [1.165, 1.54) is 7.11 Å². The van der Waals surface area contributed by atoms with Gasteiger partial charge in [-0.2, -0.15) is 0 Å². The molecule has 0 aliphatic carbocycles. The van der Waals surface area contributed by atoms with Gasteiger partial charge in [-0.25, -0.2) is 14.5 Å². The Morgan fingerprint density at radius 1 is 1.11 bits per heavy atom. The van der Waals surface area contributed by atoms with Crippen LogP contribution in [-0.4, -0.2) is 38.7 Å². The summed E-state index contributed by atoms with van der Waals surface area (Å²) in [5.41, 5.74) is 2.12. The first-order valence-corrected chi connectivity index (χ1v) is 8.59. The van der Waals surface area contributed by atoms with E-state index in [1.807, 2.05) is 49.4 Å². The van der Waals surface area contributed by atoms with Gasteiger partial charge >= 0.3 is 5.97 Å². The molecular formula is C20H18N4O3. The number of para-hydroxylation sites is 1. The molecular weight excluding hydrogens is 344 g/mol. The number of methoxy groups -OCH3 is 1. The molecule has 0 saturated heterocycles. The van der Waals surface area contributed by atoms with E-state index in [1.54, 1.807) is 21.7 Å². The minimum absolute atomic E-state index is 0.0248. The van der Waals surface area contributed by atoms with Crippen LogP contribution in [0.5, 0.6) is 0 Å². The summed E-state index contributed by atoms with van der Waals surface area (Å²) in [6.45, 7) is 2.31. The molecule has 0 spiro atoms. The molecule has 136 valence electrons. The Morgan fingerprint density at radius 3 is 2.56 bits per heavy atom. The molecule has 1 atom stereocenters. The van der Waals surface area contributed by atoms with Gasteiger partial charge in [0.15, 0.2) is 5.82 Å². The lowest BCUT2D eigenvalue weighted by molar-refractivity contribution is 0.0586. The number of benzene rings is 2. The van der Waals surface area contributed by atoms with Crippen LogP contribution in [0, 0.1) is 0 Å². The van der Waals surface area contributed by atoms with Crippen molar-refractivity contribution in [1.82, 2.24) is 19.7 Å². The predicted octanol–water partition coefficient (Wildman–Crippen LogP) is 2.77. The van der Waals surface area contributed by atoms with Crippen LogP contribution in [0.25, 0.3) is 5.69 Å². The van der Waals surface area contributed by atoms with Gasteiger partial charge in [0.1, 0.15) is 0 Å². The number of carbonyl (C=O) groups is 2. The average Bonchev–Trinajstić information content (AvgIpc) is 3.14. The molecule has 0 bridgehead atoms. The van der Waals surface area contributed by atoms with E-state index < -0.39 is 5.97 Å². The molecule has 2 heterocycles. The van der Waals surface area contributed by atoms with Gasteiger partial charge in [-0.1, -0.05) is 42.5 Å². The summed E-state index contributed by atoms with van der Waals surface area (Å²) >= 11 is 0. The Hall–Kier alpha value is -3.48. The zero-order valence-corrected chi connectivity index (χ0v) is 15.0. The Bertz CT molecular complexity index is 1010. The second-order valence-electron chi connectivity index (χ2n) is 6.31. The van der Waals surface area contributed by atoms with Gasteiger partial charge in [0, 0.05) is 6.54 Å². The van der Waals surface area contributed by atoms with Crippen molar-refractivity contribution in [3.63, 3.8) is 0 Å². The monoisotopic (exact) mass is 362 g/mol. The summed E-state index contributed by atoms with van der Waals surface area (Å²) in [5.74, 6) is -0.220. The number of hydrogen-bond donors (Lipinski definition) is 0. The number of hydrogen-bond acceptors (Lipinski definition) is 5. The van der Waals surface area contributed by atoms with Gasteiger partial charge in [0.05, 0.1) is 24.4 Å². The van der Waals surface area contributed by atoms with Crippen LogP contribution in [0.15, 0.2) is 54.6 Å². The molecule has 1 aliphatic rings. The normalized spacial score (nSPS) is 15.7. The average molecular weight is 362 g/mol. The molecule has 1 unspecified atom stereocenters. The highest BCUT2D eigenvalue weighted by Crippen LogP contribution is 2.31. The topological polar surface area (TPSA) is 77.3 Å². The van der Waals surface area contributed by atoms with Crippen molar-refractivity contribution in [3.05, 3.63) is 77.4 Å². The highest BCUT2D eigenvalue weighted by Gasteiger charge is 2.34. The SMILES string of the molecule is COC(=O)c1nc2n(n1)-c1ccccc1C(=O)N(Cc1ccccc1)C2C. The molecule has 1 aromatic heterocycles. The van der Waals surface area contributed by atoms with E-state index in [0.29, 0.717) is 23.6 Å². The molecule has 1 aliphatic heterocycles. The van der Waals surface area contributed by atoms with Gasteiger partial charge in [-0.15, -0.1) is 5.10 Å². The van der Waals surface area contributed by atoms with Crippen LogP contribution < -0.4 is 0 Å².